The van der Waals surface area contributed by atoms with E-state index in [1.807, 2.05) is 0 Å². The van der Waals surface area contributed by atoms with Crippen LogP contribution in [0.25, 0.3) is 0 Å². The molecule has 0 aromatic heterocycles. The fraction of sp³-hybridized carbons (Fsp3) is 0.944. The van der Waals surface area contributed by atoms with E-state index in [9.17, 15) is 0 Å². The van der Waals surface area contributed by atoms with Gasteiger partial charge < -0.3 is 4.74 Å². The maximum Gasteiger partial charge on any atom is 0.0466 e. The molecule has 0 aromatic rings. The summed E-state index contributed by atoms with van der Waals surface area (Å²) in [4.78, 5) is 0. The molecule has 115 valence electrons. The predicted octanol–water partition coefficient (Wildman–Crippen LogP) is 6.32. The number of hydrogen-bond acceptors (Lipinski definition) is 1. The number of hydrogen-bond donors (Lipinski definition) is 0. The first-order valence-corrected chi connectivity index (χ1v) is 8.78. The summed E-state index contributed by atoms with van der Waals surface area (Å²) in [5, 5.41) is 0. The maximum atomic E-state index is 5.65. The zero-order valence-electron chi connectivity index (χ0n) is 13.4. The van der Waals surface area contributed by atoms with Gasteiger partial charge in [0, 0.05) is 13.2 Å². The summed E-state index contributed by atoms with van der Waals surface area (Å²) in [5.74, 6) is 0. The van der Waals surface area contributed by atoms with Crippen LogP contribution in [0.1, 0.15) is 96.8 Å². The highest BCUT2D eigenvalue weighted by molar-refractivity contribution is 4.48. The highest BCUT2D eigenvalue weighted by Gasteiger charge is 1.93. The van der Waals surface area contributed by atoms with E-state index >= 15 is 0 Å². The molecule has 1 heteroatoms. The Morgan fingerprint density at radius 2 is 1.00 bits per heavy atom. The molecule has 1 nitrogen and oxygen atoms in total. The van der Waals surface area contributed by atoms with Crippen molar-refractivity contribution in [3.05, 3.63) is 6.92 Å². The van der Waals surface area contributed by atoms with Crippen LogP contribution >= 0.6 is 0 Å². The topological polar surface area (TPSA) is 9.23 Å². The van der Waals surface area contributed by atoms with E-state index in [1.54, 1.807) is 0 Å². The zero-order valence-corrected chi connectivity index (χ0v) is 13.4. The number of ether oxygens (including phenoxy) is 1. The summed E-state index contributed by atoms with van der Waals surface area (Å²) < 4.78 is 5.65. The second-order valence-corrected chi connectivity index (χ2v) is 5.71. The van der Waals surface area contributed by atoms with Crippen molar-refractivity contribution in [3.63, 3.8) is 0 Å². The summed E-state index contributed by atoms with van der Waals surface area (Å²) >= 11 is 0. The molecule has 0 bridgehead atoms. The fourth-order valence-electron chi connectivity index (χ4n) is 2.35. The average Bonchev–Trinajstić information content (AvgIpc) is 2.43. The Bertz CT molecular complexity index is 129. The highest BCUT2D eigenvalue weighted by atomic mass is 16.5. The van der Waals surface area contributed by atoms with Crippen molar-refractivity contribution in [3.8, 4) is 0 Å². The first-order chi connectivity index (χ1) is 9.41. The molecule has 0 saturated carbocycles. The quantitative estimate of drug-likeness (QED) is 0.298. The van der Waals surface area contributed by atoms with Crippen LogP contribution in [0.15, 0.2) is 0 Å². The van der Waals surface area contributed by atoms with E-state index in [0.29, 0.717) is 0 Å². The lowest BCUT2D eigenvalue weighted by Gasteiger charge is -2.04. The highest BCUT2D eigenvalue weighted by Crippen LogP contribution is 2.10. The van der Waals surface area contributed by atoms with Gasteiger partial charge in [0.1, 0.15) is 0 Å². The monoisotopic (exact) mass is 269 g/mol. The van der Waals surface area contributed by atoms with Gasteiger partial charge in [-0.3, -0.25) is 0 Å². The third kappa shape index (κ3) is 18.0. The first-order valence-electron chi connectivity index (χ1n) is 8.78. The average molecular weight is 269 g/mol. The molecular formula is C18H37O. The van der Waals surface area contributed by atoms with Gasteiger partial charge >= 0.3 is 0 Å². The molecule has 0 atom stereocenters. The smallest absolute Gasteiger partial charge is 0.0466 e. The molecule has 0 unspecified atom stereocenters. The predicted molar refractivity (Wildman–Crippen MR) is 86.5 cm³/mol. The van der Waals surface area contributed by atoms with Crippen molar-refractivity contribution in [2.45, 2.75) is 96.8 Å². The van der Waals surface area contributed by atoms with Crippen LogP contribution < -0.4 is 0 Å². The van der Waals surface area contributed by atoms with E-state index in [4.69, 9.17) is 4.74 Å². The molecule has 0 N–H and O–H groups in total. The van der Waals surface area contributed by atoms with Crippen LogP contribution in [0.2, 0.25) is 0 Å². The van der Waals surface area contributed by atoms with E-state index < -0.39 is 0 Å². The minimum absolute atomic E-state index is 0.978. The summed E-state index contributed by atoms with van der Waals surface area (Å²) in [7, 11) is 0. The van der Waals surface area contributed by atoms with Crippen LogP contribution in [0.4, 0.5) is 0 Å². The van der Waals surface area contributed by atoms with Gasteiger partial charge in [0.2, 0.25) is 0 Å². The minimum Gasteiger partial charge on any atom is -0.381 e. The van der Waals surface area contributed by atoms with Crippen molar-refractivity contribution >= 4 is 0 Å². The first kappa shape index (κ1) is 19.0. The van der Waals surface area contributed by atoms with Crippen molar-refractivity contribution in [2.75, 3.05) is 13.2 Å². The third-order valence-electron chi connectivity index (χ3n) is 3.68. The lowest BCUT2D eigenvalue weighted by Crippen LogP contribution is -1.97. The van der Waals surface area contributed by atoms with Crippen molar-refractivity contribution in [1.29, 1.82) is 0 Å². The molecule has 0 aliphatic heterocycles. The van der Waals surface area contributed by atoms with Gasteiger partial charge in [-0.15, -0.1) is 0 Å². The SMILES string of the molecule is [CH2]CCCCCCCCCCCOCCCCCC. The Labute approximate surface area is 122 Å². The van der Waals surface area contributed by atoms with Crippen LogP contribution in [0, 0.1) is 6.92 Å². The number of rotatable bonds is 16. The Morgan fingerprint density at radius 3 is 1.47 bits per heavy atom. The summed E-state index contributed by atoms with van der Waals surface area (Å²) in [6.07, 6.45) is 18.8. The molecule has 0 heterocycles. The largest absolute Gasteiger partial charge is 0.381 e. The van der Waals surface area contributed by atoms with Gasteiger partial charge in [0.25, 0.3) is 0 Å². The summed E-state index contributed by atoms with van der Waals surface area (Å²) in [6.45, 7) is 8.09. The molecule has 0 rings (SSSR count). The molecule has 0 amide bonds. The lowest BCUT2D eigenvalue weighted by atomic mass is 10.1. The fourth-order valence-corrected chi connectivity index (χ4v) is 2.35. The molecule has 19 heavy (non-hydrogen) atoms. The van der Waals surface area contributed by atoms with E-state index in [-0.39, 0.29) is 0 Å². The molecular weight excluding hydrogens is 232 g/mol. The molecule has 0 aliphatic carbocycles. The van der Waals surface area contributed by atoms with Gasteiger partial charge in [-0.25, -0.2) is 0 Å². The van der Waals surface area contributed by atoms with Crippen molar-refractivity contribution in [1.82, 2.24) is 0 Å². The van der Waals surface area contributed by atoms with Crippen molar-refractivity contribution < 1.29 is 4.74 Å². The normalized spacial score (nSPS) is 11.1. The maximum absolute atomic E-state index is 5.65. The molecule has 0 spiro atoms. The molecule has 0 aromatic carbocycles. The summed E-state index contributed by atoms with van der Waals surface area (Å²) in [5.41, 5.74) is 0. The van der Waals surface area contributed by atoms with E-state index in [2.05, 4.69) is 13.8 Å². The third-order valence-corrected chi connectivity index (χ3v) is 3.68. The van der Waals surface area contributed by atoms with Gasteiger partial charge in [-0.05, 0) is 12.8 Å². The second kappa shape index (κ2) is 18.0. The Hall–Kier alpha value is -0.0400. The van der Waals surface area contributed by atoms with Gasteiger partial charge in [0.05, 0.1) is 0 Å². The Kier molecular flexibility index (Phi) is 17.9. The van der Waals surface area contributed by atoms with Crippen LogP contribution in [0.3, 0.4) is 0 Å². The number of unbranched alkanes of at least 4 members (excludes halogenated alkanes) is 12. The second-order valence-electron chi connectivity index (χ2n) is 5.71. The van der Waals surface area contributed by atoms with Crippen LogP contribution in [0.5, 0.6) is 0 Å². The lowest BCUT2D eigenvalue weighted by molar-refractivity contribution is 0.125. The molecule has 0 fully saturated rings. The minimum atomic E-state index is 0.978. The van der Waals surface area contributed by atoms with E-state index in [0.717, 1.165) is 19.6 Å². The van der Waals surface area contributed by atoms with Crippen LogP contribution in [-0.4, -0.2) is 13.2 Å². The standard InChI is InChI=1S/C18H37O/c1-3-5-7-9-10-11-12-13-14-16-18-19-17-15-8-6-4-2/h1,3-18H2,2H3. The molecule has 0 saturated heterocycles. The van der Waals surface area contributed by atoms with Gasteiger partial charge in [-0.1, -0.05) is 90.9 Å². The Morgan fingerprint density at radius 1 is 0.579 bits per heavy atom. The zero-order chi connectivity index (χ0) is 14.0. The molecule has 1 radical (unpaired) electrons. The van der Waals surface area contributed by atoms with Crippen molar-refractivity contribution in [2.24, 2.45) is 0 Å². The van der Waals surface area contributed by atoms with Gasteiger partial charge in [-0.2, -0.15) is 0 Å². The molecule has 0 aliphatic rings. The van der Waals surface area contributed by atoms with Gasteiger partial charge in [0.15, 0.2) is 0 Å². The summed E-state index contributed by atoms with van der Waals surface area (Å²) in [6, 6.07) is 0. The van der Waals surface area contributed by atoms with Crippen LogP contribution in [-0.2, 0) is 4.74 Å². The Balaban J connectivity index is 2.88. The van der Waals surface area contributed by atoms with E-state index in [1.165, 1.54) is 83.5 Å².